The van der Waals surface area contributed by atoms with Crippen molar-refractivity contribution < 1.29 is 4.79 Å². The van der Waals surface area contributed by atoms with E-state index in [4.69, 9.17) is 11.6 Å². The molecule has 130 valence electrons. The Bertz CT molecular complexity index is 769. The number of nitrogens with one attached hydrogen (secondary N) is 1. The van der Waals surface area contributed by atoms with Crippen molar-refractivity contribution >= 4 is 29.0 Å². The quantitative estimate of drug-likeness (QED) is 0.898. The van der Waals surface area contributed by atoms with Crippen molar-refractivity contribution in [3.05, 3.63) is 52.7 Å². The van der Waals surface area contributed by atoms with Gasteiger partial charge in [-0.25, -0.2) is 4.98 Å². The number of aromatic nitrogens is 1. The van der Waals surface area contributed by atoms with Crippen LogP contribution in [0.5, 0.6) is 0 Å². The van der Waals surface area contributed by atoms with E-state index in [0.717, 1.165) is 49.5 Å². The molecular weight excluding hydrogens is 336 g/mol. The van der Waals surface area contributed by atoms with Gasteiger partial charge < -0.3 is 15.1 Å². The molecule has 5 nitrogen and oxygen atoms in total. The molecule has 0 saturated carbocycles. The molecule has 1 saturated heterocycles. The van der Waals surface area contributed by atoms with E-state index in [1.54, 1.807) is 6.20 Å². The first-order valence-corrected chi connectivity index (χ1v) is 9.12. The molecule has 2 aromatic rings. The first-order chi connectivity index (χ1) is 12.2. The maximum Gasteiger partial charge on any atom is 0.256 e. The number of carbonyl (C=O) groups excluding carboxylic acids is 1. The van der Waals surface area contributed by atoms with E-state index in [1.807, 2.05) is 29.2 Å². The Morgan fingerprint density at radius 1 is 1.12 bits per heavy atom. The van der Waals surface area contributed by atoms with Crippen molar-refractivity contribution in [2.45, 2.75) is 12.8 Å². The van der Waals surface area contributed by atoms with Gasteiger partial charge in [-0.1, -0.05) is 23.7 Å². The summed E-state index contributed by atoms with van der Waals surface area (Å²) >= 11 is 5.90. The molecule has 25 heavy (non-hydrogen) atoms. The largest absolute Gasteiger partial charge is 0.384 e. The molecule has 0 atom stereocenters. The zero-order chi connectivity index (χ0) is 17.2. The number of piperazine rings is 1. The third-order valence-electron chi connectivity index (χ3n) is 4.91. The van der Waals surface area contributed by atoms with E-state index in [2.05, 4.69) is 21.3 Å². The number of benzene rings is 1. The molecule has 1 aromatic carbocycles. The average Bonchev–Trinajstić information content (AvgIpc) is 2.68. The maximum absolute atomic E-state index is 13.0. The third-order valence-corrected chi connectivity index (χ3v) is 5.13. The summed E-state index contributed by atoms with van der Waals surface area (Å²) in [5, 5.41) is 4.05. The number of hydrogen-bond acceptors (Lipinski definition) is 4. The predicted molar refractivity (Wildman–Crippen MR) is 101 cm³/mol. The fraction of sp³-hybridized carbons (Fsp3) is 0.368. The molecule has 1 aromatic heterocycles. The summed E-state index contributed by atoms with van der Waals surface area (Å²) in [5.74, 6) is 1.03. The molecule has 4 rings (SSSR count). The van der Waals surface area contributed by atoms with E-state index < -0.39 is 0 Å². The molecule has 0 radical (unpaired) electrons. The molecule has 1 N–H and O–H groups in total. The van der Waals surface area contributed by atoms with Crippen LogP contribution in [0.25, 0.3) is 0 Å². The topological polar surface area (TPSA) is 48.5 Å². The predicted octanol–water partition coefficient (Wildman–Crippen LogP) is 3.06. The molecular formula is C19H21ClN4O. The Labute approximate surface area is 152 Å². The number of anilines is 2. The van der Waals surface area contributed by atoms with Gasteiger partial charge in [-0.05, 0) is 36.6 Å². The van der Waals surface area contributed by atoms with Gasteiger partial charge in [-0.2, -0.15) is 0 Å². The Morgan fingerprint density at radius 3 is 2.72 bits per heavy atom. The lowest BCUT2D eigenvalue weighted by Gasteiger charge is -2.36. The van der Waals surface area contributed by atoms with E-state index in [-0.39, 0.29) is 5.91 Å². The van der Waals surface area contributed by atoms with Crippen molar-refractivity contribution in [2.75, 3.05) is 42.9 Å². The van der Waals surface area contributed by atoms with Crippen LogP contribution in [0.15, 0.2) is 36.5 Å². The van der Waals surface area contributed by atoms with Gasteiger partial charge in [-0.15, -0.1) is 0 Å². The average molecular weight is 357 g/mol. The minimum absolute atomic E-state index is 0.120. The molecule has 6 heteroatoms. The number of rotatable bonds is 2. The maximum atomic E-state index is 13.0. The number of fused-ring (bicyclic) bond motifs is 1. The van der Waals surface area contributed by atoms with Crippen LogP contribution < -0.4 is 10.2 Å². The summed E-state index contributed by atoms with van der Waals surface area (Å²) in [4.78, 5) is 21.5. The number of carbonyl (C=O) groups is 1. The van der Waals surface area contributed by atoms with Crippen LogP contribution in [-0.4, -0.2) is 48.5 Å². The van der Waals surface area contributed by atoms with Crippen LogP contribution in [0, 0.1) is 0 Å². The van der Waals surface area contributed by atoms with Gasteiger partial charge in [0.15, 0.2) is 0 Å². The Kier molecular flexibility index (Phi) is 4.49. The summed E-state index contributed by atoms with van der Waals surface area (Å²) in [6.45, 7) is 3.90. The summed E-state index contributed by atoms with van der Waals surface area (Å²) in [6.07, 6.45) is 3.83. The minimum Gasteiger partial charge on any atom is -0.384 e. The first kappa shape index (κ1) is 16.2. The lowest BCUT2D eigenvalue weighted by Crippen LogP contribution is -2.49. The zero-order valence-corrected chi connectivity index (χ0v) is 14.8. The summed E-state index contributed by atoms with van der Waals surface area (Å²) in [5.41, 5.74) is 3.08. The molecule has 3 heterocycles. The second kappa shape index (κ2) is 6.92. The van der Waals surface area contributed by atoms with E-state index in [1.165, 1.54) is 5.56 Å². The normalized spacial score (nSPS) is 17.0. The standard InChI is InChI=1S/C19H21ClN4O/c20-15-6-7-17(22-13-15)23-9-11-24(12-10-23)19(25)16-5-1-3-14-4-2-8-21-18(14)16/h1,3,5-7,13,21H,2,4,8-12H2. The number of para-hydroxylation sites is 1. The first-order valence-electron chi connectivity index (χ1n) is 8.74. The second-order valence-electron chi connectivity index (χ2n) is 6.48. The van der Waals surface area contributed by atoms with Crippen LogP contribution in [-0.2, 0) is 6.42 Å². The van der Waals surface area contributed by atoms with E-state index in [9.17, 15) is 4.79 Å². The highest BCUT2D eigenvalue weighted by atomic mass is 35.5. The smallest absolute Gasteiger partial charge is 0.256 e. The molecule has 2 aliphatic heterocycles. The molecule has 1 fully saturated rings. The van der Waals surface area contributed by atoms with Crippen molar-refractivity contribution in [3.63, 3.8) is 0 Å². The molecule has 0 spiro atoms. The fourth-order valence-electron chi connectivity index (χ4n) is 3.55. The molecule has 1 amide bonds. The van der Waals surface area contributed by atoms with E-state index in [0.29, 0.717) is 18.1 Å². The van der Waals surface area contributed by atoms with Gasteiger partial charge in [0.25, 0.3) is 5.91 Å². The van der Waals surface area contributed by atoms with Gasteiger partial charge in [0, 0.05) is 38.9 Å². The Morgan fingerprint density at radius 2 is 1.96 bits per heavy atom. The SMILES string of the molecule is O=C(c1cccc2c1NCCC2)N1CCN(c2ccc(Cl)cn2)CC1. The number of halogens is 1. The lowest BCUT2D eigenvalue weighted by atomic mass is 9.98. The number of nitrogens with zero attached hydrogens (tertiary/aromatic N) is 3. The summed E-state index contributed by atoms with van der Waals surface area (Å²) in [6, 6.07) is 9.82. The van der Waals surface area contributed by atoms with Crippen LogP contribution in [0.3, 0.4) is 0 Å². The van der Waals surface area contributed by atoms with Gasteiger partial charge >= 0.3 is 0 Å². The van der Waals surface area contributed by atoms with Crippen molar-refractivity contribution in [1.29, 1.82) is 0 Å². The van der Waals surface area contributed by atoms with Crippen LogP contribution in [0.1, 0.15) is 22.3 Å². The monoisotopic (exact) mass is 356 g/mol. The third kappa shape index (κ3) is 3.29. The van der Waals surface area contributed by atoms with Crippen molar-refractivity contribution in [2.24, 2.45) is 0 Å². The second-order valence-corrected chi connectivity index (χ2v) is 6.92. The highest BCUT2D eigenvalue weighted by molar-refractivity contribution is 6.30. The van der Waals surface area contributed by atoms with Crippen molar-refractivity contribution in [3.8, 4) is 0 Å². The lowest BCUT2D eigenvalue weighted by molar-refractivity contribution is 0.0747. The number of amides is 1. The van der Waals surface area contributed by atoms with Crippen molar-refractivity contribution in [1.82, 2.24) is 9.88 Å². The van der Waals surface area contributed by atoms with Crippen LogP contribution in [0.2, 0.25) is 5.02 Å². The van der Waals surface area contributed by atoms with Gasteiger partial charge in [0.1, 0.15) is 5.82 Å². The zero-order valence-electron chi connectivity index (χ0n) is 14.0. The van der Waals surface area contributed by atoms with Gasteiger partial charge in [0.05, 0.1) is 16.3 Å². The van der Waals surface area contributed by atoms with Crippen LogP contribution >= 0.6 is 11.6 Å². The summed E-state index contributed by atoms with van der Waals surface area (Å²) in [7, 11) is 0. The molecule has 0 bridgehead atoms. The van der Waals surface area contributed by atoms with E-state index >= 15 is 0 Å². The summed E-state index contributed by atoms with van der Waals surface area (Å²) < 4.78 is 0. The number of hydrogen-bond donors (Lipinski definition) is 1. The minimum atomic E-state index is 0.120. The van der Waals surface area contributed by atoms with Gasteiger partial charge in [0.2, 0.25) is 0 Å². The highest BCUT2D eigenvalue weighted by Gasteiger charge is 2.25. The van der Waals surface area contributed by atoms with Crippen LogP contribution in [0.4, 0.5) is 11.5 Å². The molecule has 0 unspecified atom stereocenters. The Hall–Kier alpha value is -2.27. The van der Waals surface area contributed by atoms with Gasteiger partial charge in [-0.3, -0.25) is 4.79 Å². The fourth-order valence-corrected chi connectivity index (χ4v) is 3.66. The molecule has 2 aliphatic rings. The Balaban J connectivity index is 1.46. The highest BCUT2D eigenvalue weighted by Crippen LogP contribution is 2.27. The molecule has 0 aliphatic carbocycles. The number of aryl methyl sites for hydroxylation is 1. The number of pyridine rings is 1.